The van der Waals surface area contributed by atoms with E-state index in [0.29, 0.717) is 21.1 Å². The van der Waals surface area contributed by atoms with E-state index >= 15 is 0 Å². The first-order chi connectivity index (χ1) is 17.8. The molecule has 0 atom stereocenters. The number of aliphatic hydroxyl groups excluding tert-OH is 1. The van der Waals surface area contributed by atoms with E-state index in [9.17, 15) is 24.0 Å². The minimum absolute atomic E-state index is 0.0160. The fourth-order valence-corrected chi connectivity index (χ4v) is 3.33. The Morgan fingerprint density at radius 1 is 0.730 bits per heavy atom. The van der Waals surface area contributed by atoms with Gasteiger partial charge in [-0.1, -0.05) is 48.5 Å². The van der Waals surface area contributed by atoms with Crippen molar-refractivity contribution < 1.29 is 24.2 Å². The maximum Gasteiger partial charge on any atom is 0.336 e. The number of carbonyl (C=O) groups excluding carboxylic acids is 2. The van der Waals surface area contributed by atoms with Crippen LogP contribution in [0.5, 0.6) is 0 Å². The molecule has 0 bridgehead atoms. The number of esters is 2. The Labute approximate surface area is 211 Å². The van der Waals surface area contributed by atoms with E-state index in [1.165, 1.54) is 0 Å². The summed E-state index contributed by atoms with van der Waals surface area (Å²) >= 11 is 0. The van der Waals surface area contributed by atoms with Crippen LogP contribution < -0.4 is 17.1 Å². The summed E-state index contributed by atoms with van der Waals surface area (Å²) in [6.45, 7) is 4.81. The Hall–Kier alpha value is -4.25. The van der Waals surface area contributed by atoms with Crippen LogP contribution in [0, 0.1) is 6.92 Å². The maximum absolute atomic E-state index is 12.7. The normalized spacial score (nSPS) is 10.8. The van der Waals surface area contributed by atoms with Gasteiger partial charge in [0.15, 0.2) is 0 Å². The summed E-state index contributed by atoms with van der Waals surface area (Å²) in [6, 6.07) is 14.0. The molecule has 1 heterocycles. The molecular weight excluding hydrogens is 482 g/mol. The van der Waals surface area contributed by atoms with Crippen molar-refractivity contribution in [3.63, 3.8) is 0 Å². The number of H-pyrrole nitrogens is 1. The molecule has 2 aromatic carbocycles. The van der Waals surface area contributed by atoms with E-state index in [2.05, 4.69) is 0 Å². The Morgan fingerprint density at radius 2 is 1.14 bits per heavy atom. The monoisotopic (exact) mass is 509 g/mol. The van der Waals surface area contributed by atoms with Gasteiger partial charge >= 0.3 is 29.0 Å². The van der Waals surface area contributed by atoms with Crippen LogP contribution in [0.15, 0.2) is 62.9 Å². The topological polar surface area (TPSA) is 150 Å². The van der Waals surface area contributed by atoms with Crippen molar-refractivity contribution >= 4 is 11.9 Å². The van der Waals surface area contributed by atoms with Crippen molar-refractivity contribution in [2.24, 2.45) is 0 Å². The highest BCUT2D eigenvalue weighted by Crippen LogP contribution is 2.08. The Kier molecular flexibility index (Phi) is 9.73. The SMILES string of the molecule is [CH]Cc1ccc(COC(=O)CCn2c(=O)[nH]c(=O)n(CCC(=O)OCc3ccc(CO)cc3)c2=O)cc1. The molecule has 0 aliphatic carbocycles. The molecule has 37 heavy (non-hydrogen) atoms. The first-order valence-electron chi connectivity index (χ1n) is 11.5. The van der Waals surface area contributed by atoms with Gasteiger partial charge in [-0.3, -0.25) is 14.6 Å². The van der Waals surface area contributed by atoms with Gasteiger partial charge in [-0.2, -0.15) is 0 Å². The first kappa shape index (κ1) is 27.3. The van der Waals surface area contributed by atoms with Crippen molar-refractivity contribution in [2.45, 2.75) is 52.2 Å². The number of nitrogens with one attached hydrogen (secondary N) is 1. The summed E-state index contributed by atoms with van der Waals surface area (Å²) in [5.74, 6) is -1.29. The van der Waals surface area contributed by atoms with E-state index in [-0.39, 0.29) is 45.8 Å². The average molecular weight is 510 g/mol. The number of aliphatic hydroxyl groups is 1. The summed E-state index contributed by atoms with van der Waals surface area (Å²) in [5.41, 5.74) is 0.218. The molecule has 2 radical (unpaired) electrons. The highest BCUT2D eigenvalue weighted by Gasteiger charge is 2.14. The minimum Gasteiger partial charge on any atom is -0.461 e. The third-order valence-corrected chi connectivity index (χ3v) is 5.51. The lowest BCUT2D eigenvalue weighted by Gasteiger charge is -2.10. The molecule has 0 aliphatic heterocycles. The van der Waals surface area contributed by atoms with Crippen LogP contribution in [0.3, 0.4) is 0 Å². The number of nitrogens with zero attached hydrogens (tertiary/aromatic N) is 2. The molecule has 194 valence electrons. The maximum atomic E-state index is 12.7. The number of rotatable bonds is 12. The molecule has 2 N–H and O–H groups in total. The molecular formula is C26H27N3O8. The second-order valence-corrected chi connectivity index (χ2v) is 8.14. The molecule has 0 amide bonds. The van der Waals surface area contributed by atoms with Crippen LogP contribution in [0.2, 0.25) is 0 Å². The molecule has 0 spiro atoms. The number of ether oxygens (including phenoxy) is 2. The van der Waals surface area contributed by atoms with Crippen LogP contribution in [-0.4, -0.2) is 31.2 Å². The van der Waals surface area contributed by atoms with Crippen LogP contribution in [0.25, 0.3) is 0 Å². The van der Waals surface area contributed by atoms with E-state index in [4.69, 9.17) is 21.5 Å². The zero-order valence-electron chi connectivity index (χ0n) is 20.1. The van der Waals surface area contributed by atoms with E-state index in [0.717, 1.165) is 16.7 Å². The fraction of sp³-hybridized carbons (Fsp3) is 0.308. The number of carbonyl (C=O) groups is 2. The van der Waals surface area contributed by atoms with Crippen molar-refractivity contribution in [1.29, 1.82) is 0 Å². The number of hydrogen-bond acceptors (Lipinski definition) is 8. The number of aromatic amines is 1. The van der Waals surface area contributed by atoms with E-state index in [1.54, 1.807) is 36.4 Å². The van der Waals surface area contributed by atoms with Gasteiger partial charge in [0.05, 0.1) is 19.4 Å². The van der Waals surface area contributed by atoms with Crippen molar-refractivity contribution in [2.75, 3.05) is 0 Å². The second-order valence-electron chi connectivity index (χ2n) is 8.14. The van der Waals surface area contributed by atoms with Gasteiger partial charge in [0, 0.05) is 13.1 Å². The van der Waals surface area contributed by atoms with Crippen LogP contribution in [0.1, 0.15) is 35.1 Å². The van der Waals surface area contributed by atoms with Gasteiger partial charge in [-0.25, -0.2) is 23.5 Å². The van der Waals surface area contributed by atoms with Gasteiger partial charge in [0.2, 0.25) is 0 Å². The lowest BCUT2D eigenvalue weighted by molar-refractivity contribution is -0.146. The zero-order valence-corrected chi connectivity index (χ0v) is 20.1. The molecule has 3 rings (SSSR count). The smallest absolute Gasteiger partial charge is 0.336 e. The third kappa shape index (κ3) is 7.87. The second kappa shape index (κ2) is 13.2. The lowest BCUT2D eigenvalue weighted by Crippen LogP contribution is -2.49. The molecule has 11 heteroatoms. The highest BCUT2D eigenvalue weighted by atomic mass is 16.5. The van der Waals surface area contributed by atoms with Gasteiger partial charge in [0.25, 0.3) is 0 Å². The molecule has 0 saturated carbocycles. The molecule has 0 fully saturated rings. The van der Waals surface area contributed by atoms with Crippen molar-refractivity contribution in [3.8, 4) is 0 Å². The zero-order chi connectivity index (χ0) is 26.8. The van der Waals surface area contributed by atoms with E-state index in [1.807, 2.05) is 17.1 Å². The summed E-state index contributed by atoms with van der Waals surface area (Å²) in [7, 11) is 0. The molecule has 11 nitrogen and oxygen atoms in total. The average Bonchev–Trinajstić information content (AvgIpc) is 2.90. The molecule has 1 aromatic heterocycles. The third-order valence-electron chi connectivity index (χ3n) is 5.51. The van der Waals surface area contributed by atoms with Crippen LogP contribution in [-0.2, 0) is 58.4 Å². The summed E-state index contributed by atoms with van der Waals surface area (Å²) < 4.78 is 11.7. The Balaban J connectivity index is 1.54. The fourth-order valence-electron chi connectivity index (χ4n) is 3.33. The lowest BCUT2D eigenvalue weighted by atomic mass is 10.1. The summed E-state index contributed by atoms with van der Waals surface area (Å²) in [5, 5.41) is 9.06. The van der Waals surface area contributed by atoms with Crippen LogP contribution >= 0.6 is 0 Å². The standard InChI is InChI=1S/C26H27N3O8/c1-2-18-3-7-20(8-4-18)16-36-22(31)11-13-28-24(33)27-25(34)29(26(28)35)14-12-23(32)37-17-21-9-5-19(15-30)6-10-21/h1,3-10,30H,2,11-17H2,(H,27,33,34). The van der Waals surface area contributed by atoms with Gasteiger partial charge in [-0.05, 0) is 35.6 Å². The predicted octanol–water partition coefficient (Wildman–Crippen LogP) is 0.711. The highest BCUT2D eigenvalue weighted by molar-refractivity contribution is 5.69. The van der Waals surface area contributed by atoms with Crippen molar-refractivity contribution in [1.82, 2.24) is 14.1 Å². The van der Waals surface area contributed by atoms with Gasteiger partial charge in [-0.15, -0.1) is 0 Å². The predicted molar refractivity (Wildman–Crippen MR) is 131 cm³/mol. The summed E-state index contributed by atoms with van der Waals surface area (Å²) in [6.07, 6.45) is -0.173. The first-order valence-corrected chi connectivity index (χ1v) is 11.5. The number of benzene rings is 2. The molecule has 3 aromatic rings. The molecule has 0 saturated heterocycles. The van der Waals surface area contributed by atoms with Gasteiger partial charge < -0.3 is 14.6 Å². The number of aromatic nitrogens is 3. The molecule has 0 unspecified atom stereocenters. The largest absolute Gasteiger partial charge is 0.461 e. The van der Waals surface area contributed by atoms with Crippen molar-refractivity contribution in [3.05, 3.63) is 109 Å². The quantitative estimate of drug-likeness (QED) is 0.339. The molecule has 0 aliphatic rings. The Bertz CT molecular complexity index is 1280. The van der Waals surface area contributed by atoms with Gasteiger partial charge in [0.1, 0.15) is 13.2 Å². The Morgan fingerprint density at radius 3 is 1.54 bits per heavy atom. The van der Waals surface area contributed by atoms with E-state index < -0.39 is 29.0 Å². The summed E-state index contributed by atoms with van der Waals surface area (Å²) in [4.78, 5) is 63.2. The minimum atomic E-state index is -0.970. The number of hydrogen-bond donors (Lipinski definition) is 2. The van der Waals surface area contributed by atoms with Crippen LogP contribution in [0.4, 0.5) is 0 Å².